The van der Waals surface area contributed by atoms with E-state index in [1.54, 1.807) is 25.3 Å². The average molecular weight is 333 g/mol. The Labute approximate surface area is 134 Å². The fourth-order valence-electron chi connectivity index (χ4n) is 2.08. The zero-order chi connectivity index (χ0) is 15.2. The van der Waals surface area contributed by atoms with Gasteiger partial charge in [0.25, 0.3) is 0 Å². The van der Waals surface area contributed by atoms with E-state index in [0.29, 0.717) is 41.8 Å². The molecule has 0 unspecified atom stereocenters. The molecule has 1 aliphatic heterocycles. The van der Waals surface area contributed by atoms with E-state index < -0.39 is 0 Å². The van der Waals surface area contributed by atoms with Crippen LogP contribution in [0, 0.1) is 0 Å². The first-order valence-electron chi connectivity index (χ1n) is 6.70. The summed E-state index contributed by atoms with van der Waals surface area (Å²) in [4.78, 5) is 14.1. The third kappa shape index (κ3) is 5.13. The maximum Gasteiger partial charge on any atom is 0.225 e. The summed E-state index contributed by atoms with van der Waals surface area (Å²) in [5.74, 6) is -0.0976. The number of morpholine rings is 1. The SMILES string of the molecule is CO[C@H]1CN(CCC(=O)Nc2cc(Cl)ccc2Cl)CCO1. The van der Waals surface area contributed by atoms with E-state index in [1.807, 2.05) is 0 Å². The van der Waals surface area contributed by atoms with Crippen LogP contribution in [-0.4, -0.2) is 50.4 Å². The lowest BCUT2D eigenvalue weighted by molar-refractivity contribution is -0.164. The van der Waals surface area contributed by atoms with Gasteiger partial charge in [0.05, 0.1) is 17.3 Å². The van der Waals surface area contributed by atoms with Gasteiger partial charge in [-0.25, -0.2) is 0 Å². The van der Waals surface area contributed by atoms with Gasteiger partial charge in [0, 0.05) is 38.2 Å². The molecule has 0 radical (unpaired) electrons. The molecular formula is C14H18Cl2N2O3. The Bertz CT molecular complexity index is 499. The van der Waals surface area contributed by atoms with Gasteiger partial charge in [0.15, 0.2) is 6.29 Å². The Hall–Kier alpha value is -0.850. The molecule has 116 valence electrons. The third-order valence-electron chi connectivity index (χ3n) is 3.24. The minimum atomic E-state index is -0.218. The number of anilines is 1. The van der Waals surface area contributed by atoms with E-state index in [2.05, 4.69) is 10.2 Å². The fourth-order valence-corrected chi connectivity index (χ4v) is 2.42. The van der Waals surface area contributed by atoms with Crippen LogP contribution in [0.5, 0.6) is 0 Å². The maximum absolute atomic E-state index is 12.0. The van der Waals surface area contributed by atoms with Crippen molar-refractivity contribution >= 4 is 34.8 Å². The molecule has 1 atom stereocenters. The second kappa shape index (κ2) is 7.96. The molecule has 21 heavy (non-hydrogen) atoms. The molecular weight excluding hydrogens is 315 g/mol. The van der Waals surface area contributed by atoms with Crippen LogP contribution in [0.15, 0.2) is 18.2 Å². The highest BCUT2D eigenvalue weighted by Crippen LogP contribution is 2.25. The Balaban J connectivity index is 1.80. The fraction of sp³-hybridized carbons (Fsp3) is 0.500. The van der Waals surface area contributed by atoms with Crippen LogP contribution in [0.2, 0.25) is 10.0 Å². The Morgan fingerprint density at radius 2 is 2.33 bits per heavy atom. The lowest BCUT2D eigenvalue weighted by atomic mass is 10.3. The molecule has 1 aromatic rings. The third-order valence-corrected chi connectivity index (χ3v) is 3.80. The summed E-state index contributed by atoms with van der Waals surface area (Å²) in [6.07, 6.45) is 0.156. The van der Waals surface area contributed by atoms with E-state index in [0.717, 1.165) is 6.54 Å². The summed E-state index contributed by atoms with van der Waals surface area (Å²) in [5.41, 5.74) is 0.533. The number of carbonyl (C=O) groups excluding carboxylic acids is 1. The molecule has 0 aromatic heterocycles. The molecule has 1 amide bonds. The minimum Gasteiger partial charge on any atom is -0.355 e. The molecule has 1 N–H and O–H groups in total. The monoisotopic (exact) mass is 332 g/mol. The Kier molecular flexibility index (Phi) is 6.26. The van der Waals surface area contributed by atoms with Gasteiger partial charge in [-0.1, -0.05) is 23.2 Å². The predicted octanol–water partition coefficient (Wildman–Crippen LogP) is 2.63. The summed E-state index contributed by atoms with van der Waals surface area (Å²) >= 11 is 11.9. The molecule has 1 saturated heterocycles. The van der Waals surface area contributed by atoms with Crippen molar-refractivity contribution in [1.29, 1.82) is 0 Å². The number of nitrogens with one attached hydrogen (secondary N) is 1. The second-order valence-electron chi connectivity index (χ2n) is 4.76. The van der Waals surface area contributed by atoms with Crippen LogP contribution >= 0.6 is 23.2 Å². The van der Waals surface area contributed by atoms with Crippen LogP contribution < -0.4 is 5.32 Å². The molecule has 5 nitrogen and oxygen atoms in total. The largest absolute Gasteiger partial charge is 0.355 e. The van der Waals surface area contributed by atoms with Crippen molar-refractivity contribution in [2.24, 2.45) is 0 Å². The standard InChI is InChI=1S/C14H18Cl2N2O3/c1-20-14-9-18(6-7-21-14)5-4-13(19)17-12-8-10(15)2-3-11(12)16/h2-3,8,14H,4-7,9H2,1H3,(H,17,19)/t14-/m1/s1. The minimum absolute atomic E-state index is 0.0976. The van der Waals surface area contributed by atoms with Gasteiger partial charge in [-0.15, -0.1) is 0 Å². The van der Waals surface area contributed by atoms with Crippen LogP contribution in [0.25, 0.3) is 0 Å². The number of hydrogen-bond acceptors (Lipinski definition) is 4. The second-order valence-corrected chi connectivity index (χ2v) is 5.60. The molecule has 0 bridgehead atoms. The number of carbonyl (C=O) groups is 1. The first-order chi connectivity index (χ1) is 10.1. The smallest absolute Gasteiger partial charge is 0.225 e. The first kappa shape index (κ1) is 16.5. The normalized spacial score (nSPS) is 19.5. The van der Waals surface area contributed by atoms with Gasteiger partial charge in [-0.3, -0.25) is 9.69 Å². The maximum atomic E-state index is 12.0. The number of nitrogens with zero attached hydrogens (tertiary/aromatic N) is 1. The first-order valence-corrected chi connectivity index (χ1v) is 7.45. The van der Waals surface area contributed by atoms with Crippen LogP contribution in [-0.2, 0) is 14.3 Å². The summed E-state index contributed by atoms with van der Waals surface area (Å²) < 4.78 is 10.5. The number of ether oxygens (including phenoxy) is 2. The van der Waals surface area contributed by atoms with Crippen molar-refractivity contribution in [2.75, 3.05) is 38.7 Å². The number of halogens is 2. The van der Waals surface area contributed by atoms with E-state index in [4.69, 9.17) is 32.7 Å². The predicted molar refractivity (Wildman–Crippen MR) is 82.9 cm³/mol. The highest BCUT2D eigenvalue weighted by molar-refractivity contribution is 6.35. The number of amides is 1. The van der Waals surface area contributed by atoms with Crippen molar-refractivity contribution < 1.29 is 14.3 Å². The summed E-state index contributed by atoms with van der Waals surface area (Å²) in [7, 11) is 1.61. The molecule has 7 heteroatoms. The summed E-state index contributed by atoms with van der Waals surface area (Å²) in [6.45, 7) is 2.72. The van der Waals surface area contributed by atoms with Crippen molar-refractivity contribution in [3.63, 3.8) is 0 Å². The van der Waals surface area contributed by atoms with Crippen molar-refractivity contribution in [1.82, 2.24) is 4.90 Å². The highest BCUT2D eigenvalue weighted by atomic mass is 35.5. The van der Waals surface area contributed by atoms with Gasteiger partial charge >= 0.3 is 0 Å². The Morgan fingerprint density at radius 1 is 1.52 bits per heavy atom. The van der Waals surface area contributed by atoms with Gasteiger partial charge < -0.3 is 14.8 Å². The van der Waals surface area contributed by atoms with Crippen molar-refractivity contribution in [2.45, 2.75) is 12.7 Å². The quantitative estimate of drug-likeness (QED) is 0.900. The molecule has 1 aliphatic rings. The molecule has 0 aliphatic carbocycles. The van der Waals surface area contributed by atoms with Gasteiger partial charge in [-0.05, 0) is 18.2 Å². The average Bonchev–Trinajstić information content (AvgIpc) is 2.49. The van der Waals surface area contributed by atoms with Crippen LogP contribution in [0.1, 0.15) is 6.42 Å². The molecule has 1 heterocycles. The van der Waals surface area contributed by atoms with Gasteiger partial charge in [0.1, 0.15) is 0 Å². The molecule has 1 aromatic carbocycles. The number of methoxy groups -OCH3 is 1. The van der Waals surface area contributed by atoms with E-state index in [9.17, 15) is 4.79 Å². The summed E-state index contributed by atoms with van der Waals surface area (Å²) in [6, 6.07) is 4.97. The zero-order valence-electron chi connectivity index (χ0n) is 11.8. The van der Waals surface area contributed by atoms with Crippen LogP contribution in [0.4, 0.5) is 5.69 Å². The number of rotatable bonds is 5. The number of hydrogen-bond donors (Lipinski definition) is 1. The molecule has 0 spiro atoms. The summed E-state index contributed by atoms with van der Waals surface area (Å²) in [5, 5.41) is 3.78. The molecule has 2 rings (SSSR count). The molecule has 1 fully saturated rings. The Morgan fingerprint density at radius 3 is 3.10 bits per heavy atom. The topological polar surface area (TPSA) is 50.8 Å². The van der Waals surface area contributed by atoms with E-state index in [1.165, 1.54) is 0 Å². The lowest BCUT2D eigenvalue weighted by Crippen LogP contribution is -2.44. The van der Waals surface area contributed by atoms with E-state index >= 15 is 0 Å². The van der Waals surface area contributed by atoms with E-state index in [-0.39, 0.29) is 12.2 Å². The lowest BCUT2D eigenvalue weighted by Gasteiger charge is -2.31. The van der Waals surface area contributed by atoms with Crippen LogP contribution in [0.3, 0.4) is 0 Å². The highest BCUT2D eigenvalue weighted by Gasteiger charge is 2.20. The van der Waals surface area contributed by atoms with Gasteiger partial charge in [0.2, 0.25) is 5.91 Å². The number of benzene rings is 1. The molecule has 0 saturated carbocycles. The zero-order valence-corrected chi connectivity index (χ0v) is 13.3. The van der Waals surface area contributed by atoms with Gasteiger partial charge in [-0.2, -0.15) is 0 Å². The van der Waals surface area contributed by atoms with Crippen molar-refractivity contribution in [3.8, 4) is 0 Å². The van der Waals surface area contributed by atoms with Crippen molar-refractivity contribution in [3.05, 3.63) is 28.2 Å².